The number of aromatic nitrogens is 5. The van der Waals surface area contributed by atoms with Crippen LogP contribution in [0.4, 0.5) is 9.93 Å². The highest BCUT2D eigenvalue weighted by atomic mass is 32.1. The molecular weight excluding hydrogens is 302 g/mol. The Morgan fingerprint density at radius 1 is 1.50 bits per heavy atom. The fraction of sp³-hybridized carbons (Fsp3) is 0.615. The van der Waals surface area contributed by atoms with Crippen LogP contribution in [0, 0.1) is 6.92 Å². The Bertz CT molecular complexity index is 652. The molecule has 2 aromatic rings. The van der Waals surface area contributed by atoms with Crippen LogP contribution in [-0.4, -0.2) is 48.6 Å². The Morgan fingerprint density at radius 2 is 2.36 bits per heavy atom. The maximum atomic E-state index is 12.3. The van der Waals surface area contributed by atoms with E-state index in [1.54, 1.807) is 4.90 Å². The number of H-pyrrole nitrogens is 1. The molecule has 2 amide bonds. The first kappa shape index (κ1) is 14.9. The largest absolute Gasteiger partial charge is 0.324 e. The summed E-state index contributed by atoms with van der Waals surface area (Å²) in [4.78, 5) is 22.7. The lowest BCUT2D eigenvalue weighted by Gasteiger charge is -2.15. The summed E-state index contributed by atoms with van der Waals surface area (Å²) in [7, 11) is 0. The summed E-state index contributed by atoms with van der Waals surface area (Å²) in [5.41, 5.74) is 0. The van der Waals surface area contributed by atoms with Gasteiger partial charge in [0, 0.05) is 37.0 Å². The SMILES string of the molecule is CCCc1nsc(NC(=O)N2CC[C@H](c3n[nH]c(C)n3)C2)n1. The maximum absolute atomic E-state index is 12.3. The van der Waals surface area contributed by atoms with Crippen LogP contribution in [0.25, 0.3) is 0 Å². The molecule has 9 heteroatoms. The molecule has 0 unspecified atom stereocenters. The first-order chi connectivity index (χ1) is 10.7. The number of anilines is 1. The first-order valence-corrected chi connectivity index (χ1v) is 8.20. The fourth-order valence-electron chi connectivity index (χ4n) is 2.50. The van der Waals surface area contributed by atoms with Gasteiger partial charge < -0.3 is 4.90 Å². The van der Waals surface area contributed by atoms with E-state index in [9.17, 15) is 4.79 Å². The molecule has 3 rings (SSSR count). The maximum Gasteiger partial charge on any atom is 0.323 e. The molecule has 1 atom stereocenters. The van der Waals surface area contributed by atoms with Crippen molar-refractivity contribution in [3.05, 3.63) is 17.5 Å². The molecule has 118 valence electrons. The number of nitrogens with zero attached hydrogens (tertiary/aromatic N) is 5. The number of urea groups is 1. The van der Waals surface area contributed by atoms with Crippen molar-refractivity contribution < 1.29 is 4.79 Å². The summed E-state index contributed by atoms with van der Waals surface area (Å²) < 4.78 is 4.22. The van der Waals surface area contributed by atoms with Gasteiger partial charge in [-0.05, 0) is 19.8 Å². The van der Waals surface area contributed by atoms with Crippen molar-refractivity contribution in [3.63, 3.8) is 0 Å². The summed E-state index contributed by atoms with van der Waals surface area (Å²) in [6.07, 6.45) is 2.71. The Balaban J connectivity index is 1.56. The van der Waals surface area contributed by atoms with Crippen molar-refractivity contribution in [2.75, 3.05) is 18.4 Å². The third kappa shape index (κ3) is 3.24. The quantitative estimate of drug-likeness (QED) is 0.896. The zero-order valence-corrected chi connectivity index (χ0v) is 13.5. The summed E-state index contributed by atoms with van der Waals surface area (Å²) in [6, 6.07) is -0.131. The van der Waals surface area contributed by atoms with E-state index >= 15 is 0 Å². The van der Waals surface area contributed by atoms with Crippen LogP contribution < -0.4 is 5.32 Å². The van der Waals surface area contributed by atoms with E-state index < -0.39 is 0 Å². The minimum absolute atomic E-state index is 0.131. The van der Waals surface area contributed by atoms with Gasteiger partial charge in [0.1, 0.15) is 11.6 Å². The molecule has 0 bridgehead atoms. The Hall–Kier alpha value is -2.03. The number of rotatable bonds is 4. The van der Waals surface area contributed by atoms with Crippen LogP contribution in [0.1, 0.15) is 43.2 Å². The number of carbonyl (C=O) groups excluding carboxylic acids is 1. The van der Waals surface area contributed by atoms with E-state index in [4.69, 9.17) is 0 Å². The van der Waals surface area contributed by atoms with Gasteiger partial charge in [-0.1, -0.05) is 6.92 Å². The van der Waals surface area contributed by atoms with Gasteiger partial charge in [-0.2, -0.15) is 9.47 Å². The molecule has 1 saturated heterocycles. The highest BCUT2D eigenvalue weighted by Gasteiger charge is 2.30. The van der Waals surface area contributed by atoms with Crippen LogP contribution in [0.3, 0.4) is 0 Å². The minimum Gasteiger partial charge on any atom is -0.324 e. The zero-order chi connectivity index (χ0) is 15.5. The summed E-state index contributed by atoms with van der Waals surface area (Å²) >= 11 is 1.23. The van der Waals surface area contributed by atoms with Gasteiger partial charge in [0.05, 0.1) is 0 Å². The monoisotopic (exact) mass is 321 g/mol. The van der Waals surface area contributed by atoms with E-state index in [1.165, 1.54) is 11.5 Å². The Morgan fingerprint density at radius 3 is 3.09 bits per heavy atom. The fourth-order valence-corrected chi connectivity index (χ4v) is 3.10. The topological polar surface area (TPSA) is 99.7 Å². The Kier molecular flexibility index (Phi) is 4.32. The standard InChI is InChI=1S/C13H19N7OS/c1-3-4-10-15-12(22-19-10)16-13(21)20-6-5-9(7-20)11-14-8(2)17-18-11/h9H,3-7H2,1-2H3,(H,14,17,18)(H,15,16,19,21)/t9-/m0/s1. The summed E-state index contributed by atoms with van der Waals surface area (Å²) in [5.74, 6) is 2.57. The van der Waals surface area contributed by atoms with Crippen LogP contribution >= 0.6 is 11.5 Å². The molecule has 0 radical (unpaired) electrons. The smallest absolute Gasteiger partial charge is 0.323 e. The van der Waals surface area contributed by atoms with E-state index in [0.29, 0.717) is 18.2 Å². The number of carbonyl (C=O) groups is 1. The Labute approximate surface area is 132 Å². The average Bonchev–Trinajstić information content (AvgIpc) is 3.19. The zero-order valence-electron chi connectivity index (χ0n) is 12.7. The lowest BCUT2D eigenvalue weighted by atomic mass is 10.1. The third-order valence-corrected chi connectivity index (χ3v) is 4.28. The second-order valence-corrected chi connectivity index (χ2v) is 6.16. The van der Waals surface area contributed by atoms with Gasteiger partial charge in [-0.25, -0.2) is 14.8 Å². The molecule has 2 aromatic heterocycles. The second kappa shape index (κ2) is 6.39. The van der Waals surface area contributed by atoms with Gasteiger partial charge in [-0.15, -0.1) is 0 Å². The molecule has 3 heterocycles. The number of nitrogens with one attached hydrogen (secondary N) is 2. The lowest BCUT2D eigenvalue weighted by Crippen LogP contribution is -2.32. The molecule has 22 heavy (non-hydrogen) atoms. The molecule has 8 nitrogen and oxygen atoms in total. The lowest BCUT2D eigenvalue weighted by molar-refractivity contribution is 0.222. The third-order valence-electron chi connectivity index (χ3n) is 3.61. The van der Waals surface area contributed by atoms with Gasteiger partial charge in [-0.3, -0.25) is 10.4 Å². The predicted molar refractivity (Wildman–Crippen MR) is 83.0 cm³/mol. The first-order valence-electron chi connectivity index (χ1n) is 7.43. The average molecular weight is 321 g/mol. The van der Waals surface area contributed by atoms with Crippen LogP contribution in [0.5, 0.6) is 0 Å². The van der Waals surface area contributed by atoms with Crippen molar-refractivity contribution in [1.29, 1.82) is 0 Å². The number of amides is 2. The number of aromatic amines is 1. The van der Waals surface area contributed by atoms with E-state index in [0.717, 1.165) is 36.7 Å². The van der Waals surface area contributed by atoms with Crippen molar-refractivity contribution in [2.24, 2.45) is 0 Å². The highest BCUT2D eigenvalue weighted by molar-refractivity contribution is 7.09. The van der Waals surface area contributed by atoms with Gasteiger partial charge in [0.25, 0.3) is 0 Å². The van der Waals surface area contributed by atoms with Gasteiger partial charge >= 0.3 is 6.03 Å². The van der Waals surface area contributed by atoms with Gasteiger partial charge in [0.2, 0.25) is 5.13 Å². The number of likely N-dealkylation sites (tertiary alicyclic amines) is 1. The number of aryl methyl sites for hydroxylation is 2. The summed E-state index contributed by atoms with van der Waals surface area (Å²) in [5, 5.41) is 10.4. The normalized spacial score (nSPS) is 17.9. The van der Waals surface area contributed by atoms with Crippen molar-refractivity contribution in [3.8, 4) is 0 Å². The molecule has 0 spiro atoms. The predicted octanol–water partition coefficient (Wildman–Crippen LogP) is 1.94. The highest BCUT2D eigenvalue weighted by Crippen LogP contribution is 2.25. The number of hydrogen-bond donors (Lipinski definition) is 2. The van der Waals surface area contributed by atoms with Gasteiger partial charge in [0.15, 0.2) is 5.82 Å². The minimum atomic E-state index is -0.131. The molecule has 0 aliphatic carbocycles. The van der Waals surface area contributed by atoms with Crippen molar-refractivity contribution in [2.45, 2.75) is 39.0 Å². The number of hydrogen-bond acceptors (Lipinski definition) is 6. The molecule has 2 N–H and O–H groups in total. The van der Waals surface area contributed by atoms with E-state index in [2.05, 4.69) is 36.8 Å². The van der Waals surface area contributed by atoms with E-state index in [1.807, 2.05) is 6.92 Å². The molecule has 0 saturated carbocycles. The molecule has 1 aliphatic rings. The van der Waals surface area contributed by atoms with Crippen LogP contribution in [-0.2, 0) is 6.42 Å². The van der Waals surface area contributed by atoms with E-state index in [-0.39, 0.29) is 11.9 Å². The molecular formula is C13H19N7OS. The summed E-state index contributed by atoms with van der Waals surface area (Å²) in [6.45, 7) is 5.28. The molecule has 1 fully saturated rings. The second-order valence-electron chi connectivity index (χ2n) is 5.41. The van der Waals surface area contributed by atoms with Crippen molar-refractivity contribution >= 4 is 22.7 Å². The van der Waals surface area contributed by atoms with Crippen molar-refractivity contribution in [1.82, 2.24) is 29.4 Å². The molecule has 0 aromatic carbocycles. The van der Waals surface area contributed by atoms with Crippen LogP contribution in [0.2, 0.25) is 0 Å². The van der Waals surface area contributed by atoms with Crippen LogP contribution in [0.15, 0.2) is 0 Å². The molecule has 1 aliphatic heterocycles.